The van der Waals surface area contributed by atoms with E-state index in [1.165, 1.54) is 11.1 Å². The van der Waals surface area contributed by atoms with Gasteiger partial charge in [-0.25, -0.2) is 4.99 Å². The van der Waals surface area contributed by atoms with Crippen molar-refractivity contribution < 1.29 is 5.11 Å². The van der Waals surface area contributed by atoms with Gasteiger partial charge in [-0.1, -0.05) is 38.1 Å². The Morgan fingerprint density at radius 3 is 2.25 bits per heavy atom. The van der Waals surface area contributed by atoms with Crippen LogP contribution in [-0.4, -0.2) is 58.7 Å². The zero-order chi connectivity index (χ0) is 20.4. The topological polar surface area (TPSA) is 51.1 Å². The van der Waals surface area contributed by atoms with Crippen LogP contribution < -0.4 is 5.32 Å². The van der Waals surface area contributed by atoms with E-state index in [0.717, 1.165) is 51.5 Å². The fourth-order valence-electron chi connectivity index (χ4n) is 4.05. The van der Waals surface area contributed by atoms with E-state index >= 15 is 0 Å². The molecule has 0 radical (unpaired) electrons. The van der Waals surface area contributed by atoms with Crippen molar-refractivity contribution in [2.24, 2.45) is 10.4 Å². The number of aliphatic hydroxyl groups excluding tert-OH is 1. The monoisotopic (exact) mass is 386 g/mol. The van der Waals surface area contributed by atoms with Crippen LogP contribution in [0.25, 0.3) is 0 Å². The highest BCUT2D eigenvalue weighted by molar-refractivity contribution is 5.82. The van der Waals surface area contributed by atoms with Crippen LogP contribution in [0.5, 0.6) is 0 Å². The Kier molecular flexibility index (Phi) is 6.35. The molecule has 5 heteroatoms. The van der Waals surface area contributed by atoms with Crippen molar-refractivity contribution >= 4 is 5.96 Å². The lowest BCUT2D eigenvalue weighted by Crippen LogP contribution is -2.72. The molecule has 0 saturated carbocycles. The Bertz CT molecular complexity index is 672. The van der Waals surface area contributed by atoms with E-state index in [9.17, 15) is 5.11 Å². The zero-order valence-corrected chi connectivity index (χ0v) is 18.3. The van der Waals surface area contributed by atoms with E-state index in [4.69, 9.17) is 4.99 Å². The Hall–Kier alpha value is -1.59. The average molecular weight is 387 g/mol. The van der Waals surface area contributed by atoms with Gasteiger partial charge in [-0.2, -0.15) is 0 Å². The number of hydrogen-bond acceptors (Lipinski definition) is 3. The minimum atomic E-state index is -0.107. The van der Waals surface area contributed by atoms with Gasteiger partial charge in [0.05, 0.1) is 12.6 Å². The standard InChI is InChI=1S/C23H38N4O/c1-6-24-21(27-17-22(2,3)23(27,4)5)25-15-18-7-9-19(10-8-18)16-26-13-11-20(28)12-14-26/h7-10,20,28H,6,11-17H2,1-5H3,(H,24,25). The molecule has 1 aromatic carbocycles. The molecule has 0 spiro atoms. The highest BCUT2D eigenvalue weighted by Crippen LogP contribution is 2.46. The third-order valence-corrected chi connectivity index (χ3v) is 6.87. The van der Waals surface area contributed by atoms with Gasteiger partial charge in [-0.3, -0.25) is 4.90 Å². The molecule has 2 aliphatic heterocycles. The van der Waals surface area contributed by atoms with E-state index in [0.29, 0.717) is 12.0 Å². The van der Waals surface area contributed by atoms with Gasteiger partial charge in [-0.15, -0.1) is 0 Å². The van der Waals surface area contributed by atoms with Crippen molar-refractivity contribution in [1.29, 1.82) is 0 Å². The molecule has 2 fully saturated rings. The molecule has 0 aromatic heterocycles. The van der Waals surface area contributed by atoms with E-state index < -0.39 is 0 Å². The largest absolute Gasteiger partial charge is 0.393 e. The van der Waals surface area contributed by atoms with Crippen LogP contribution in [0.4, 0.5) is 0 Å². The van der Waals surface area contributed by atoms with Gasteiger partial charge in [-0.05, 0) is 44.7 Å². The predicted octanol–water partition coefficient (Wildman–Crippen LogP) is 3.23. The van der Waals surface area contributed by atoms with Gasteiger partial charge < -0.3 is 15.3 Å². The van der Waals surface area contributed by atoms with E-state index in [1.54, 1.807) is 0 Å². The number of aliphatic hydroxyl groups is 1. The number of nitrogens with zero attached hydrogens (tertiary/aromatic N) is 3. The molecule has 5 nitrogen and oxygen atoms in total. The van der Waals surface area contributed by atoms with Crippen molar-refractivity contribution in [1.82, 2.24) is 15.1 Å². The number of hydrogen-bond donors (Lipinski definition) is 2. The third-order valence-electron chi connectivity index (χ3n) is 6.87. The van der Waals surface area contributed by atoms with Crippen LogP contribution >= 0.6 is 0 Å². The molecule has 2 N–H and O–H groups in total. The molecule has 1 aromatic rings. The number of aliphatic imine (C=N–C) groups is 1. The first-order valence-corrected chi connectivity index (χ1v) is 10.8. The van der Waals surface area contributed by atoms with Gasteiger partial charge in [0.25, 0.3) is 0 Å². The Morgan fingerprint density at radius 1 is 1.11 bits per heavy atom. The number of benzene rings is 1. The fourth-order valence-corrected chi connectivity index (χ4v) is 4.05. The Labute approximate surface area is 170 Å². The quantitative estimate of drug-likeness (QED) is 0.603. The van der Waals surface area contributed by atoms with Crippen molar-refractivity contribution in [2.45, 2.75) is 72.2 Å². The van der Waals surface area contributed by atoms with Crippen molar-refractivity contribution in [3.05, 3.63) is 35.4 Å². The van der Waals surface area contributed by atoms with Crippen LogP contribution in [0, 0.1) is 5.41 Å². The van der Waals surface area contributed by atoms with E-state index in [-0.39, 0.29) is 11.6 Å². The second kappa shape index (κ2) is 8.42. The summed E-state index contributed by atoms with van der Waals surface area (Å²) in [4.78, 5) is 9.74. The summed E-state index contributed by atoms with van der Waals surface area (Å²) in [7, 11) is 0. The molecular formula is C23H38N4O. The molecule has 0 bridgehead atoms. The molecular weight excluding hydrogens is 348 g/mol. The maximum atomic E-state index is 9.65. The highest BCUT2D eigenvalue weighted by atomic mass is 16.3. The summed E-state index contributed by atoms with van der Waals surface area (Å²) < 4.78 is 0. The number of likely N-dealkylation sites (tertiary alicyclic amines) is 2. The summed E-state index contributed by atoms with van der Waals surface area (Å²) in [5.41, 5.74) is 2.99. The molecule has 0 unspecified atom stereocenters. The summed E-state index contributed by atoms with van der Waals surface area (Å²) in [6, 6.07) is 8.84. The molecule has 0 aliphatic carbocycles. The summed E-state index contributed by atoms with van der Waals surface area (Å²) >= 11 is 0. The van der Waals surface area contributed by atoms with Crippen LogP contribution in [0.3, 0.4) is 0 Å². The van der Waals surface area contributed by atoms with Crippen LogP contribution in [0.15, 0.2) is 29.3 Å². The smallest absolute Gasteiger partial charge is 0.194 e. The van der Waals surface area contributed by atoms with Crippen LogP contribution in [0.1, 0.15) is 58.6 Å². The predicted molar refractivity (Wildman–Crippen MR) is 116 cm³/mol. The summed E-state index contributed by atoms with van der Waals surface area (Å²) in [6.07, 6.45) is 1.68. The molecule has 2 aliphatic rings. The van der Waals surface area contributed by atoms with Gasteiger partial charge >= 0.3 is 0 Å². The fraction of sp³-hybridized carbons (Fsp3) is 0.696. The van der Waals surface area contributed by atoms with Gasteiger partial charge in [0.1, 0.15) is 0 Å². The maximum Gasteiger partial charge on any atom is 0.194 e. The first kappa shape index (κ1) is 21.1. The molecule has 28 heavy (non-hydrogen) atoms. The van der Waals surface area contributed by atoms with Crippen LogP contribution in [-0.2, 0) is 13.1 Å². The molecule has 0 atom stereocenters. The average Bonchev–Trinajstić information content (AvgIpc) is 2.66. The lowest BCUT2D eigenvalue weighted by Gasteiger charge is -2.62. The van der Waals surface area contributed by atoms with Gasteiger partial charge in [0.15, 0.2) is 5.96 Å². The zero-order valence-electron chi connectivity index (χ0n) is 18.3. The Balaban J connectivity index is 1.59. The third kappa shape index (κ3) is 4.52. The highest BCUT2D eigenvalue weighted by Gasteiger charge is 2.53. The van der Waals surface area contributed by atoms with Crippen molar-refractivity contribution in [3.63, 3.8) is 0 Å². The van der Waals surface area contributed by atoms with Gasteiger partial charge in [0, 0.05) is 43.7 Å². The number of guanidine groups is 1. The summed E-state index contributed by atoms with van der Waals surface area (Å²) in [5, 5.41) is 13.1. The second-order valence-electron chi connectivity index (χ2n) is 9.52. The first-order valence-electron chi connectivity index (χ1n) is 10.8. The number of piperidine rings is 1. The normalized spacial score (nSPS) is 22.8. The van der Waals surface area contributed by atoms with E-state index in [1.807, 2.05) is 0 Å². The molecule has 0 amide bonds. The lowest BCUT2D eigenvalue weighted by atomic mass is 9.65. The van der Waals surface area contributed by atoms with E-state index in [2.05, 4.69) is 74.0 Å². The van der Waals surface area contributed by atoms with Crippen LogP contribution in [0.2, 0.25) is 0 Å². The minimum absolute atomic E-state index is 0.107. The Morgan fingerprint density at radius 2 is 1.71 bits per heavy atom. The first-order chi connectivity index (χ1) is 13.2. The molecule has 2 saturated heterocycles. The summed E-state index contributed by atoms with van der Waals surface area (Å²) in [6.45, 7) is 17.0. The second-order valence-corrected chi connectivity index (χ2v) is 9.52. The SMILES string of the molecule is CCNC(=NCc1ccc(CN2CCC(O)CC2)cc1)N1CC(C)(C)C1(C)C. The van der Waals surface area contributed by atoms with Crippen molar-refractivity contribution in [2.75, 3.05) is 26.2 Å². The lowest BCUT2D eigenvalue weighted by molar-refractivity contribution is -0.0667. The number of rotatable bonds is 5. The molecule has 3 rings (SSSR count). The van der Waals surface area contributed by atoms with Crippen molar-refractivity contribution in [3.8, 4) is 0 Å². The maximum absolute atomic E-state index is 9.65. The summed E-state index contributed by atoms with van der Waals surface area (Å²) in [5.74, 6) is 1.02. The minimum Gasteiger partial charge on any atom is -0.393 e. The molecule has 156 valence electrons. The number of nitrogens with one attached hydrogen (secondary N) is 1. The molecule has 2 heterocycles. The van der Waals surface area contributed by atoms with Gasteiger partial charge in [0.2, 0.25) is 0 Å².